The van der Waals surface area contributed by atoms with Crippen LogP contribution in [-0.4, -0.2) is 34.8 Å². The Labute approximate surface area is 117 Å². The molecule has 0 aromatic heterocycles. The molecule has 0 radical (unpaired) electrons. The van der Waals surface area contributed by atoms with Crippen LogP contribution < -0.4 is 4.90 Å². The molecule has 0 bridgehead atoms. The van der Waals surface area contributed by atoms with Gasteiger partial charge in [0.2, 0.25) is 0 Å². The Hall–Kier alpha value is -1.66. The lowest BCUT2D eigenvalue weighted by Crippen LogP contribution is -2.37. The van der Waals surface area contributed by atoms with Gasteiger partial charge in [0, 0.05) is 19.7 Å². The summed E-state index contributed by atoms with van der Waals surface area (Å²) in [6.07, 6.45) is 0.559. The SMILES string of the molecule is C[C@H](O)c1ccc(N(C)CC2CC(O)C2)c([N+](=O)[O-])c1. The molecular weight excluding hydrogens is 260 g/mol. The molecule has 1 aromatic rings. The maximum atomic E-state index is 11.2. The highest BCUT2D eigenvalue weighted by Gasteiger charge is 2.29. The van der Waals surface area contributed by atoms with Crippen LogP contribution in [0.5, 0.6) is 0 Å². The van der Waals surface area contributed by atoms with Crippen molar-refractivity contribution < 1.29 is 15.1 Å². The molecule has 1 aliphatic carbocycles. The molecule has 1 fully saturated rings. The molecule has 0 spiro atoms. The molecule has 1 atom stereocenters. The number of nitro benzene ring substituents is 1. The molecule has 0 heterocycles. The van der Waals surface area contributed by atoms with Gasteiger partial charge in [-0.25, -0.2) is 0 Å². The van der Waals surface area contributed by atoms with Crippen molar-refractivity contribution in [3.8, 4) is 0 Å². The Balaban J connectivity index is 2.19. The largest absolute Gasteiger partial charge is 0.393 e. The van der Waals surface area contributed by atoms with E-state index in [0.29, 0.717) is 23.7 Å². The van der Waals surface area contributed by atoms with Gasteiger partial charge in [-0.1, -0.05) is 6.07 Å². The van der Waals surface area contributed by atoms with E-state index in [1.165, 1.54) is 6.07 Å². The van der Waals surface area contributed by atoms with E-state index in [2.05, 4.69) is 0 Å². The second-order valence-corrected chi connectivity index (χ2v) is 5.55. The average Bonchev–Trinajstić information content (AvgIpc) is 2.35. The van der Waals surface area contributed by atoms with E-state index >= 15 is 0 Å². The van der Waals surface area contributed by atoms with Crippen LogP contribution in [0.3, 0.4) is 0 Å². The van der Waals surface area contributed by atoms with Gasteiger partial charge in [-0.15, -0.1) is 0 Å². The van der Waals surface area contributed by atoms with E-state index in [1.807, 2.05) is 11.9 Å². The quantitative estimate of drug-likeness (QED) is 0.635. The lowest BCUT2D eigenvalue weighted by atomic mass is 9.82. The standard InChI is InChI=1S/C14H20N2O4/c1-9(17)11-3-4-13(14(7-11)16(19)20)15(2)8-10-5-12(18)6-10/h3-4,7,9-10,12,17-18H,5-6,8H2,1-2H3/t9-,10?,12?/m0/s1. The predicted octanol–water partition coefficient (Wildman–Crippen LogP) is 1.86. The van der Waals surface area contributed by atoms with Crippen LogP contribution in [-0.2, 0) is 0 Å². The van der Waals surface area contributed by atoms with Crippen LogP contribution in [0.2, 0.25) is 0 Å². The molecule has 6 heteroatoms. The predicted molar refractivity (Wildman–Crippen MR) is 75.7 cm³/mol. The second kappa shape index (κ2) is 5.76. The Bertz CT molecular complexity index is 498. The van der Waals surface area contributed by atoms with Crippen LogP contribution in [0, 0.1) is 16.0 Å². The van der Waals surface area contributed by atoms with Crippen molar-refractivity contribution >= 4 is 11.4 Å². The Morgan fingerprint density at radius 2 is 2.15 bits per heavy atom. The van der Waals surface area contributed by atoms with E-state index in [0.717, 1.165) is 12.8 Å². The first-order valence-electron chi connectivity index (χ1n) is 6.74. The first-order chi connectivity index (χ1) is 9.38. The molecule has 110 valence electrons. The molecule has 0 amide bonds. The van der Waals surface area contributed by atoms with Crippen molar-refractivity contribution in [3.05, 3.63) is 33.9 Å². The molecule has 1 aromatic carbocycles. The summed E-state index contributed by atoms with van der Waals surface area (Å²) in [6, 6.07) is 4.81. The summed E-state index contributed by atoms with van der Waals surface area (Å²) >= 11 is 0. The summed E-state index contributed by atoms with van der Waals surface area (Å²) in [5.74, 6) is 0.381. The van der Waals surface area contributed by atoms with Gasteiger partial charge in [-0.3, -0.25) is 10.1 Å². The third kappa shape index (κ3) is 3.08. The Morgan fingerprint density at radius 1 is 1.50 bits per heavy atom. The van der Waals surface area contributed by atoms with Gasteiger partial charge in [0.05, 0.1) is 17.1 Å². The van der Waals surface area contributed by atoms with E-state index in [9.17, 15) is 20.3 Å². The summed E-state index contributed by atoms with van der Waals surface area (Å²) in [5.41, 5.74) is 1.08. The molecule has 0 aliphatic heterocycles. The van der Waals surface area contributed by atoms with Gasteiger partial charge in [0.1, 0.15) is 5.69 Å². The minimum atomic E-state index is -0.727. The topological polar surface area (TPSA) is 86.8 Å². The van der Waals surface area contributed by atoms with Crippen molar-refractivity contribution in [3.63, 3.8) is 0 Å². The summed E-state index contributed by atoms with van der Waals surface area (Å²) in [4.78, 5) is 12.6. The highest BCUT2D eigenvalue weighted by Crippen LogP contribution is 2.34. The van der Waals surface area contributed by atoms with Crippen LogP contribution in [0.15, 0.2) is 18.2 Å². The van der Waals surface area contributed by atoms with Crippen molar-refractivity contribution in [2.24, 2.45) is 5.92 Å². The maximum absolute atomic E-state index is 11.2. The van der Waals surface area contributed by atoms with Crippen LogP contribution in [0.25, 0.3) is 0 Å². The zero-order valence-electron chi connectivity index (χ0n) is 11.7. The lowest BCUT2D eigenvalue weighted by molar-refractivity contribution is -0.384. The average molecular weight is 280 g/mol. The fourth-order valence-corrected chi connectivity index (χ4v) is 2.60. The third-order valence-corrected chi connectivity index (χ3v) is 3.83. The number of hydrogen-bond donors (Lipinski definition) is 2. The first kappa shape index (κ1) is 14.7. The summed E-state index contributed by atoms with van der Waals surface area (Å²) in [6.45, 7) is 2.27. The van der Waals surface area contributed by atoms with Crippen LogP contribution >= 0.6 is 0 Å². The summed E-state index contributed by atoms with van der Waals surface area (Å²) in [7, 11) is 1.81. The molecule has 2 rings (SSSR count). The zero-order valence-corrected chi connectivity index (χ0v) is 11.7. The number of rotatable bonds is 5. The minimum absolute atomic E-state index is 0.00534. The van der Waals surface area contributed by atoms with Gasteiger partial charge < -0.3 is 15.1 Å². The van der Waals surface area contributed by atoms with Gasteiger partial charge in [0.25, 0.3) is 5.69 Å². The smallest absolute Gasteiger partial charge is 0.292 e. The van der Waals surface area contributed by atoms with E-state index in [1.54, 1.807) is 19.1 Å². The van der Waals surface area contributed by atoms with Crippen LogP contribution in [0.1, 0.15) is 31.4 Å². The highest BCUT2D eigenvalue weighted by molar-refractivity contribution is 5.64. The van der Waals surface area contributed by atoms with Crippen molar-refractivity contribution in [2.75, 3.05) is 18.5 Å². The molecular formula is C14H20N2O4. The number of nitro groups is 1. The molecule has 2 N–H and O–H groups in total. The molecule has 0 unspecified atom stereocenters. The second-order valence-electron chi connectivity index (χ2n) is 5.55. The van der Waals surface area contributed by atoms with E-state index in [-0.39, 0.29) is 11.8 Å². The van der Waals surface area contributed by atoms with E-state index < -0.39 is 11.0 Å². The van der Waals surface area contributed by atoms with Gasteiger partial charge in [0.15, 0.2) is 0 Å². The number of aliphatic hydroxyl groups excluding tert-OH is 2. The van der Waals surface area contributed by atoms with Gasteiger partial charge >= 0.3 is 0 Å². The first-order valence-corrected chi connectivity index (χ1v) is 6.74. The third-order valence-electron chi connectivity index (χ3n) is 3.83. The van der Waals surface area contributed by atoms with E-state index in [4.69, 9.17) is 0 Å². The number of aliphatic hydroxyl groups is 2. The minimum Gasteiger partial charge on any atom is -0.393 e. The number of hydrogen-bond acceptors (Lipinski definition) is 5. The highest BCUT2D eigenvalue weighted by atomic mass is 16.6. The van der Waals surface area contributed by atoms with Crippen molar-refractivity contribution in [2.45, 2.75) is 32.0 Å². The van der Waals surface area contributed by atoms with Gasteiger partial charge in [-0.05, 0) is 37.3 Å². The maximum Gasteiger partial charge on any atom is 0.292 e. The monoisotopic (exact) mass is 280 g/mol. The molecule has 20 heavy (non-hydrogen) atoms. The fourth-order valence-electron chi connectivity index (χ4n) is 2.60. The zero-order chi connectivity index (χ0) is 14.9. The molecule has 0 saturated heterocycles. The molecule has 1 saturated carbocycles. The summed E-state index contributed by atoms with van der Waals surface area (Å²) < 4.78 is 0. The van der Waals surface area contributed by atoms with Crippen LogP contribution in [0.4, 0.5) is 11.4 Å². The summed E-state index contributed by atoms with van der Waals surface area (Å²) in [5, 5.41) is 30.0. The Kier molecular flexibility index (Phi) is 4.25. The normalized spacial score (nSPS) is 23.0. The van der Waals surface area contributed by atoms with Gasteiger partial charge in [-0.2, -0.15) is 0 Å². The molecule has 1 aliphatic rings. The lowest BCUT2D eigenvalue weighted by Gasteiger charge is -2.35. The number of nitrogens with zero attached hydrogens (tertiary/aromatic N) is 2. The molecule has 6 nitrogen and oxygen atoms in total. The van der Waals surface area contributed by atoms with Crippen molar-refractivity contribution in [1.29, 1.82) is 0 Å². The Morgan fingerprint density at radius 3 is 2.65 bits per heavy atom. The number of benzene rings is 1. The fraction of sp³-hybridized carbons (Fsp3) is 0.571. The van der Waals surface area contributed by atoms with Crippen molar-refractivity contribution in [1.82, 2.24) is 0 Å². The number of anilines is 1.